The molecule has 0 fully saturated rings. The first-order valence-electron chi connectivity index (χ1n) is 12.4. The monoisotopic (exact) mass is 442 g/mol. The maximum Gasteiger partial charge on any atom is 0.223 e. The van der Waals surface area contributed by atoms with E-state index < -0.39 is 13.7 Å². The summed E-state index contributed by atoms with van der Waals surface area (Å²) in [6.07, 6.45) is 9.15. The third-order valence-corrected chi connectivity index (χ3v) is 9.92. The van der Waals surface area contributed by atoms with Crippen LogP contribution in [0.25, 0.3) is 10.9 Å². The molecule has 0 aliphatic carbocycles. The molecule has 1 unspecified atom stereocenters. The van der Waals surface area contributed by atoms with E-state index in [-0.39, 0.29) is 5.91 Å². The van der Waals surface area contributed by atoms with Gasteiger partial charge >= 0.3 is 0 Å². The largest absolute Gasteiger partial charge is 0.368 e. The zero-order valence-corrected chi connectivity index (χ0v) is 21.3. The van der Waals surface area contributed by atoms with Crippen molar-refractivity contribution in [1.82, 2.24) is 10.3 Å². The lowest BCUT2D eigenvalue weighted by Crippen LogP contribution is -2.45. The Morgan fingerprint density at radius 1 is 1.19 bits per heavy atom. The van der Waals surface area contributed by atoms with E-state index in [9.17, 15) is 4.79 Å². The number of aryl methyl sites for hydroxylation is 1. The van der Waals surface area contributed by atoms with E-state index >= 15 is 0 Å². The fraction of sp³-hybridized carbons (Fsp3) is 0.654. The number of rotatable bonds is 11. The zero-order valence-electron chi connectivity index (χ0n) is 20.3. The molecular weight excluding hydrogens is 400 g/mol. The topological polar surface area (TPSA) is 54.1 Å². The van der Waals surface area contributed by atoms with Crippen molar-refractivity contribution in [2.75, 3.05) is 12.8 Å². The minimum Gasteiger partial charge on any atom is -0.368 e. The maximum atomic E-state index is 13.1. The van der Waals surface area contributed by atoms with Gasteiger partial charge in [-0.25, -0.2) is 0 Å². The van der Waals surface area contributed by atoms with E-state index in [0.29, 0.717) is 13.0 Å². The van der Waals surface area contributed by atoms with Gasteiger partial charge in [-0.05, 0) is 30.4 Å². The Hall–Kier alpha value is -1.59. The lowest BCUT2D eigenvalue weighted by molar-refractivity contribution is -0.132. The van der Waals surface area contributed by atoms with Crippen molar-refractivity contribution in [3.8, 4) is 0 Å². The molecule has 1 aromatic carbocycles. The van der Waals surface area contributed by atoms with Crippen LogP contribution >= 0.6 is 0 Å². The summed E-state index contributed by atoms with van der Waals surface area (Å²) in [6, 6.07) is 7.84. The molecule has 0 saturated heterocycles. The second-order valence-corrected chi connectivity index (χ2v) is 15.2. The van der Waals surface area contributed by atoms with Gasteiger partial charge in [0.1, 0.15) is 5.60 Å². The average molecular weight is 443 g/mol. The Morgan fingerprint density at radius 3 is 2.71 bits per heavy atom. The van der Waals surface area contributed by atoms with Crippen molar-refractivity contribution < 1.29 is 9.53 Å². The van der Waals surface area contributed by atoms with Crippen LogP contribution in [-0.4, -0.2) is 31.7 Å². The molecule has 172 valence electrons. The minimum absolute atomic E-state index is 0.123. The molecular formula is C26H42N2O2Si. The molecule has 0 radical (unpaired) electrons. The summed E-state index contributed by atoms with van der Waals surface area (Å²) in [5.74, 6) is 0.123. The van der Waals surface area contributed by atoms with Gasteiger partial charge in [-0.1, -0.05) is 83.8 Å². The van der Waals surface area contributed by atoms with E-state index in [1.807, 2.05) is 0 Å². The molecule has 1 amide bonds. The predicted molar refractivity (Wildman–Crippen MR) is 133 cm³/mol. The molecule has 31 heavy (non-hydrogen) atoms. The Labute approximate surface area is 189 Å². The van der Waals surface area contributed by atoms with Crippen molar-refractivity contribution in [3.63, 3.8) is 0 Å². The first kappa shape index (κ1) is 24.1. The number of fused-ring (bicyclic) bond motifs is 3. The molecule has 1 aliphatic heterocycles. The van der Waals surface area contributed by atoms with Crippen LogP contribution in [0.5, 0.6) is 0 Å². The molecule has 0 saturated carbocycles. The molecule has 2 heterocycles. The van der Waals surface area contributed by atoms with E-state index in [1.54, 1.807) is 0 Å². The highest BCUT2D eigenvalue weighted by Crippen LogP contribution is 2.42. The van der Waals surface area contributed by atoms with E-state index in [2.05, 4.69) is 62.4 Å². The minimum atomic E-state index is -1.41. The van der Waals surface area contributed by atoms with Gasteiger partial charge in [-0.2, -0.15) is 0 Å². The number of unbranched alkanes of at least 4 members (excludes halogenated alkanes) is 3. The number of H-pyrrole nitrogens is 1. The molecule has 1 aliphatic rings. The number of hydrogen-bond donors (Lipinski definition) is 2. The molecule has 4 nitrogen and oxygen atoms in total. The normalized spacial score (nSPS) is 18.9. The molecule has 0 spiro atoms. The number of nitrogens with one attached hydrogen (secondary N) is 2. The van der Waals surface area contributed by atoms with Crippen LogP contribution in [0.1, 0.15) is 76.1 Å². The smallest absolute Gasteiger partial charge is 0.223 e. The SMILES string of the molecule is CCCCCC[Si](C)(C)CNC(=O)CC1(CC)OCCc2c1[nH]c1c(CC)cccc21. The third kappa shape index (κ3) is 5.43. The number of amides is 1. The Morgan fingerprint density at radius 2 is 2.00 bits per heavy atom. The van der Waals surface area contributed by atoms with Crippen LogP contribution in [0, 0.1) is 0 Å². The van der Waals surface area contributed by atoms with Crippen LogP contribution in [0.4, 0.5) is 0 Å². The predicted octanol–water partition coefficient (Wildman–Crippen LogP) is 6.24. The van der Waals surface area contributed by atoms with Crippen molar-refractivity contribution >= 4 is 24.9 Å². The molecule has 3 rings (SSSR count). The number of carbonyl (C=O) groups excluding carboxylic acids is 1. The van der Waals surface area contributed by atoms with Gasteiger partial charge in [-0.15, -0.1) is 0 Å². The second-order valence-electron chi connectivity index (χ2n) is 10.0. The van der Waals surface area contributed by atoms with Crippen molar-refractivity contribution in [3.05, 3.63) is 35.0 Å². The molecule has 2 N–H and O–H groups in total. The number of benzene rings is 1. The highest BCUT2D eigenvalue weighted by atomic mass is 28.3. The average Bonchev–Trinajstić information content (AvgIpc) is 3.16. The fourth-order valence-electron chi connectivity index (χ4n) is 5.02. The summed E-state index contributed by atoms with van der Waals surface area (Å²) >= 11 is 0. The molecule has 0 bridgehead atoms. The van der Waals surface area contributed by atoms with Gasteiger partial charge < -0.3 is 15.0 Å². The van der Waals surface area contributed by atoms with Crippen LogP contribution in [-0.2, 0) is 28.0 Å². The molecule has 1 atom stereocenters. The lowest BCUT2D eigenvalue weighted by Gasteiger charge is -2.36. The van der Waals surface area contributed by atoms with E-state index in [0.717, 1.165) is 31.1 Å². The van der Waals surface area contributed by atoms with Crippen molar-refractivity contribution in [2.24, 2.45) is 0 Å². The summed E-state index contributed by atoms with van der Waals surface area (Å²) in [7, 11) is -1.41. The van der Waals surface area contributed by atoms with Crippen molar-refractivity contribution in [1.29, 1.82) is 0 Å². The molecule has 1 aromatic heterocycles. The zero-order chi connectivity index (χ0) is 22.5. The standard InChI is InChI=1S/C26H42N2O2Si/c1-6-9-10-11-17-31(4,5)19-27-23(29)18-26(8-3)25-22(15-16-30-26)21-14-12-13-20(7-2)24(21)28-25/h12-14,28H,6-11,15-19H2,1-5H3,(H,27,29). The van der Waals surface area contributed by atoms with Gasteiger partial charge in [0.25, 0.3) is 0 Å². The maximum absolute atomic E-state index is 13.1. The summed E-state index contributed by atoms with van der Waals surface area (Å²) in [4.78, 5) is 16.8. The van der Waals surface area contributed by atoms with Crippen LogP contribution in [0.3, 0.4) is 0 Å². The second kappa shape index (κ2) is 10.3. The number of aromatic nitrogens is 1. The molecule has 5 heteroatoms. The van der Waals surface area contributed by atoms with Gasteiger partial charge in [0.05, 0.1) is 26.8 Å². The van der Waals surface area contributed by atoms with E-state index in [4.69, 9.17) is 4.74 Å². The number of aromatic amines is 1. The summed E-state index contributed by atoms with van der Waals surface area (Å²) in [5, 5.41) is 4.59. The number of ether oxygens (including phenoxy) is 1. The first-order valence-corrected chi connectivity index (χ1v) is 15.8. The van der Waals surface area contributed by atoms with Gasteiger partial charge in [0.15, 0.2) is 0 Å². The summed E-state index contributed by atoms with van der Waals surface area (Å²) in [5.41, 5.74) is 4.48. The Bertz CT molecular complexity index is 889. The van der Waals surface area contributed by atoms with Gasteiger partial charge in [0, 0.05) is 17.1 Å². The lowest BCUT2D eigenvalue weighted by atomic mass is 9.86. The first-order chi connectivity index (χ1) is 14.9. The highest BCUT2D eigenvalue weighted by molar-refractivity contribution is 6.77. The van der Waals surface area contributed by atoms with Crippen LogP contribution in [0.15, 0.2) is 18.2 Å². The quantitative estimate of drug-likeness (QED) is 0.319. The third-order valence-electron chi connectivity index (χ3n) is 7.08. The van der Waals surface area contributed by atoms with Gasteiger partial charge in [-0.3, -0.25) is 4.79 Å². The Balaban J connectivity index is 1.73. The number of para-hydroxylation sites is 1. The summed E-state index contributed by atoms with van der Waals surface area (Å²) < 4.78 is 6.36. The molecule has 2 aromatic rings. The van der Waals surface area contributed by atoms with Crippen LogP contribution < -0.4 is 5.32 Å². The van der Waals surface area contributed by atoms with E-state index in [1.165, 1.54) is 53.8 Å². The van der Waals surface area contributed by atoms with Crippen molar-refractivity contribution in [2.45, 2.75) is 96.9 Å². The highest BCUT2D eigenvalue weighted by Gasteiger charge is 2.41. The Kier molecular flexibility index (Phi) is 8.03. The number of hydrogen-bond acceptors (Lipinski definition) is 2. The van der Waals surface area contributed by atoms with Crippen LogP contribution in [0.2, 0.25) is 19.1 Å². The fourth-order valence-corrected chi connectivity index (χ4v) is 7.08. The van der Waals surface area contributed by atoms with Gasteiger partial charge in [0.2, 0.25) is 5.91 Å². The summed E-state index contributed by atoms with van der Waals surface area (Å²) in [6.45, 7) is 12.1. The number of carbonyl (C=O) groups is 1.